The van der Waals surface area contributed by atoms with Crippen LogP contribution in [0.5, 0.6) is 0 Å². The minimum absolute atomic E-state index is 0.0672. The van der Waals surface area contributed by atoms with Crippen LogP contribution in [0, 0.1) is 5.92 Å². The van der Waals surface area contributed by atoms with Gasteiger partial charge in [-0.15, -0.1) is 0 Å². The number of nitrogens with zero attached hydrogens (tertiary/aromatic N) is 3. The molecule has 0 aliphatic rings. The van der Waals surface area contributed by atoms with Gasteiger partial charge in [-0.1, -0.05) is 79.5 Å². The number of amides is 1. The van der Waals surface area contributed by atoms with Crippen molar-refractivity contribution in [3.63, 3.8) is 0 Å². The van der Waals surface area contributed by atoms with Gasteiger partial charge in [0.25, 0.3) is 5.91 Å². The normalized spacial score (nSPS) is 12.1. The minimum Gasteiger partial charge on any atom is -0.330 e. The van der Waals surface area contributed by atoms with Crippen LogP contribution < -0.4 is 5.73 Å². The van der Waals surface area contributed by atoms with E-state index in [9.17, 15) is 4.79 Å². The zero-order valence-electron chi connectivity index (χ0n) is 21.1. The van der Waals surface area contributed by atoms with E-state index >= 15 is 0 Å². The Bertz CT molecular complexity index is 1320. The first-order valence-electron chi connectivity index (χ1n) is 12.5. The summed E-state index contributed by atoms with van der Waals surface area (Å²) in [6, 6.07) is 24.7. The molecule has 1 atom stereocenters. The van der Waals surface area contributed by atoms with E-state index in [1.165, 1.54) is 0 Å². The summed E-state index contributed by atoms with van der Waals surface area (Å²) in [5.41, 5.74) is 9.37. The van der Waals surface area contributed by atoms with Gasteiger partial charge in [-0.3, -0.25) is 4.79 Å². The molecule has 3 aromatic carbocycles. The van der Waals surface area contributed by atoms with Crippen molar-refractivity contribution in [2.24, 2.45) is 11.7 Å². The maximum atomic E-state index is 13.9. The summed E-state index contributed by atoms with van der Waals surface area (Å²) in [6.07, 6.45) is 2.74. The molecule has 2 N–H and O–H groups in total. The van der Waals surface area contributed by atoms with Crippen LogP contribution in [-0.4, -0.2) is 33.4 Å². The fraction of sp³-hybridized carbons (Fsp3) is 0.267. The van der Waals surface area contributed by atoms with Crippen molar-refractivity contribution in [1.29, 1.82) is 0 Å². The second kappa shape index (κ2) is 12.4. The zero-order valence-corrected chi connectivity index (χ0v) is 22.7. The number of hydrogen-bond acceptors (Lipinski definition) is 3. The molecular weight excluding hydrogens is 503 g/mol. The van der Waals surface area contributed by atoms with E-state index in [0.29, 0.717) is 41.7 Å². The van der Waals surface area contributed by atoms with Gasteiger partial charge < -0.3 is 15.2 Å². The molecule has 0 saturated heterocycles. The van der Waals surface area contributed by atoms with Gasteiger partial charge >= 0.3 is 0 Å². The molecule has 1 aromatic heterocycles. The molecule has 0 bridgehead atoms. The quantitative estimate of drug-likeness (QED) is 0.236. The number of carbonyl (C=O) groups excluding carboxylic acids is 1. The monoisotopic (exact) mass is 534 g/mol. The van der Waals surface area contributed by atoms with E-state index in [1.54, 1.807) is 24.3 Å². The Kier molecular flexibility index (Phi) is 9.04. The molecule has 4 rings (SSSR count). The number of carbonyl (C=O) groups is 1. The molecule has 1 heterocycles. The van der Waals surface area contributed by atoms with Crippen molar-refractivity contribution in [3.8, 4) is 11.3 Å². The van der Waals surface area contributed by atoms with Crippen molar-refractivity contribution in [1.82, 2.24) is 14.5 Å². The summed E-state index contributed by atoms with van der Waals surface area (Å²) < 4.78 is 2.15. The number of hydrogen-bond donors (Lipinski definition) is 1. The van der Waals surface area contributed by atoms with Gasteiger partial charge in [-0.2, -0.15) is 0 Å². The van der Waals surface area contributed by atoms with E-state index in [0.717, 1.165) is 22.6 Å². The van der Waals surface area contributed by atoms with Crippen LogP contribution in [0.25, 0.3) is 11.3 Å². The third-order valence-corrected chi connectivity index (χ3v) is 6.80. The lowest BCUT2D eigenvalue weighted by Gasteiger charge is -2.34. The number of aromatic nitrogens is 2. The molecule has 0 spiro atoms. The first-order valence-corrected chi connectivity index (χ1v) is 13.3. The highest BCUT2D eigenvalue weighted by Crippen LogP contribution is 2.33. The van der Waals surface area contributed by atoms with E-state index < -0.39 is 0 Å². The molecular formula is C30H32Cl2N4O. The van der Waals surface area contributed by atoms with Gasteiger partial charge in [-0.05, 0) is 60.8 Å². The van der Waals surface area contributed by atoms with Gasteiger partial charge in [0.2, 0.25) is 0 Å². The Morgan fingerprint density at radius 2 is 1.70 bits per heavy atom. The standard InChI is InChI=1S/C30H32Cl2N4O/c1-21(2)28(36(17-7-16-33)30(37)23-12-14-25(31)15-13-23)29-34-27(24-10-6-11-26(32)18-24)20-35(29)19-22-8-4-3-5-9-22/h3-6,8-15,18,20-21,28H,7,16-17,19,33H2,1-2H3/t28-/m1/s1. The molecule has 37 heavy (non-hydrogen) atoms. The summed E-state index contributed by atoms with van der Waals surface area (Å²) >= 11 is 12.4. The Morgan fingerprint density at radius 3 is 2.35 bits per heavy atom. The fourth-order valence-corrected chi connectivity index (χ4v) is 4.86. The molecule has 5 nitrogen and oxygen atoms in total. The SMILES string of the molecule is CC(C)[C@H](c1nc(-c2cccc(Cl)c2)cn1Cc1ccccc1)N(CCCN)C(=O)c1ccc(Cl)cc1. The topological polar surface area (TPSA) is 64.2 Å². The van der Waals surface area contributed by atoms with Crippen molar-refractivity contribution in [2.45, 2.75) is 32.9 Å². The van der Waals surface area contributed by atoms with Crippen LogP contribution in [0.4, 0.5) is 0 Å². The molecule has 0 aliphatic heterocycles. The molecule has 0 unspecified atom stereocenters. The first kappa shape index (κ1) is 26.9. The Hall–Kier alpha value is -3.12. The number of nitrogens with two attached hydrogens (primary N) is 1. The Labute approximate surface area is 228 Å². The second-order valence-electron chi connectivity index (χ2n) is 9.44. The predicted molar refractivity (Wildman–Crippen MR) is 152 cm³/mol. The number of benzene rings is 3. The zero-order chi connectivity index (χ0) is 26.4. The highest BCUT2D eigenvalue weighted by molar-refractivity contribution is 6.31. The number of halogens is 2. The van der Waals surface area contributed by atoms with Crippen molar-refractivity contribution < 1.29 is 4.79 Å². The number of rotatable bonds is 10. The molecule has 7 heteroatoms. The molecule has 4 aromatic rings. The minimum atomic E-state index is -0.272. The second-order valence-corrected chi connectivity index (χ2v) is 10.3. The van der Waals surface area contributed by atoms with Crippen LogP contribution in [0.15, 0.2) is 85.1 Å². The molecule has 0 saturated carbocycles. The van der Waals surface area contributed by atoms with Crippen LogP contribution in [0.3, 0.4) is 0 Å². The summed E-state index contributed by atoms with van der Waals surface area (Å²) in [5.74, 6) is 0.855. The van der Waals surface area contributed by atoms with E-state index in [1.807, 2.05) is 47.4 Å². The molecule has 1 amide bonds. The smallest absolute Gasteiger partial charge is 0.254 e. The van der Waals surface area contributed by atoms with Crippen molar-refractivity contribution in [2.75, 3.05) is 13.1 Å². The van der Waals surface area contributed by atoms with Crippen LogP contribution in [0.1, 0.15) is 48.1 Å². The molecule has 0 fully saturated rings. The predicted octanol–water partition coefficient (Wildman–Crippen LogP) is 7.09. The highest BCUT2D eigenvalue weighted by Gasteiger charge is 2.32. The van der Waals surface area contributed by atoms with E-state index in [-0.39, 0.29) is 17.9 Å². The summed E-state index contributed by atoms with van der Waals surface area (Å²) in [6.45, 7) is 5.88. The van der Waals surface area contributed by atoms with E-state index in [4.69, 9.17) is 33.9 Å². The lowest BCUT2D eigenvalue weighted by atomic mass is 9.99. The number of imidazole rings is 1. The first-order chi connectivity index (χ1) is 17.9. The molecule has 0 aliphatic carbocycles. The fourth-order valence-electron chi connectivity index (χ4n) is 4.54. The van der Waals surface area contributed by atoms with Gasteiger partial charge in [0, 0.05) is 40.5 Å². The summed E-state index contributed by atoms with van der Waals surface area (Å²) in [4.78, 5) is 20.9. The lowest BCUT2D eigenvalue weighted by Crippen LogP contribution is -2.40. The van der Waals surface area contributed by atoms with Gasteiger partial charge in [-0.25, -0.2) is 4.98 Å². The van der Waals surface area contributed by atoms with Crippen molar-refractivity contribution >= 4 is 29.1 Å². The lowest BCUT2D eigenvalue weighted by molar-refractivity contribution is 0.0604. The van der Waals surface area contributed by atoms with Gasteiger partial charge in [0.1, 0.15) is 5.82 Å². The Morgan fingerprint density at radius 1 is 0.973 bits per heavy atom. The average Bonchev–Trinajstić information content (AvgIpc) is 3.30. The van der Waals surface area contributed by atoms with Crippen molar-refractivity contribution in [3.05, 3.63) is 112 Å². The van der Waals surface area contributed by atoms with Crippen LogP contribution in [-0.2, 0) is 6.54 Å². The maximum Gasteiger partial charge on any atom is 0.254 e. The largest absolute Gasteiger partial charge is 0.330 e. The maximum absolute atomic E-state index is 13.9. The van der Waals surface area contributed by atoms with Gasteiger partial charge in [0.15, 0.2) is 0 Å². The highest BCUT2D eigenvalue weighted by atomic mass is 35.5. The third-order valence-electron chi connectivity index (χ3n) is 6.31. The average molecular weight is 536 g/mol. The third kappa shape index (κ3) is 6.61. The summed E-state index contributed by atoms with van der Waals surface area (Å²) in [7, 11) is 0. The van der Waals surface area contributed by atoms with Gasteiger partial charge in [0.05, 0.1) is 11.7 Å². The molecule has 192 valence electrons. The van der Waals surface area contributed by atoms with E-state index in [2.05, 4.69) is 36.7 Å². The van der Waals surface area contributed by atoms with Crippen LogP contribution >= 0.6 is 23.2 Å². The Balaban J connectivity index is 1.82. The molecule has 0 radical (unpaired) electrons. The summed E-state index contributed by atoms with van der Waals surface area (Å²) in [5, 5.41) is 1.24. The van der Waals surface area contributed by atoms with Crippen LogP contribution in [0.2, 0.25) is 10.0 Å².